The molecule has 0 aromatic carbocycles. The molecule has 9 heteroatoms. The molecule has 0 amide bonds. The Kier molecular flexibility index (Phi) is 2.86. The molecule has 0 saturated carbocycles. The molecule has 0 rings (SSSR count). The van der Waals surface area contributed by atoms with Gasteiger partial charge in [-0.25, -0.2) is 0 Å². The maximum atomic E-state index is 11.5. The molecule has 0 atom stereocenters. The molecule has 0 radical (unpaired) electrons. The Hall–Kier alpha value is -0.230. The Bertz CT molecular complexity index is 186. The minimum absolute atomic E-state index is 0.0990. The third-order valence-corrected chi connectivity index (χ3v) is 2.77. The summed E-state index contributed by atoms with van der Waals surface area (Å²) in [7, 11) is -6.47. The topological polar surface area (TPSA) is 26.3 Å². The number of alkyl halides is 6. The smallest absolute Gasteiger partial charge is 0.319 e. The summed E-state index contributed by atoms with van der Waals surface area (Å²) in [6.07, 6.45) is 0. The van der Waals surface area contributed by atoms with Crippen molar-refractivity contribution in [3.05, 3.63) is 0 Å². The number of hydrogen-bond donors (Lipinski definition) is 0. The van der Waals surface area contributed by atoms with E-state index >= 15 is 0 Å². The van der Waals surface area contributed by atoms with Crippen molar-refractivity contribution in [2.24, 2.45) is 0 Å². The minimum Gasteiger partial charge on any atom is -0.319 e. The van der Waals surface area contributed by atoms with E-state index in [2.05, 4.69) is 4.52 Å². The van der Waals surface area contributed by atoms with Crippen molar-refractivity contribution in [3.8, 4) is 0 Å². The van der Waals surface area contributed by atoms with Gasteiger partial charge in [-0.15, -0.1) is 0 Å². The molecule has 0 spiro atoms. The quantitative estimate of drug-likeness (QED) is 0.497. The number of hydrogen-bond acceptors (Lipinski definition) is 2. The second-order valence-electron chi connectivity index (χ2n) is 1.67. The van der Waals surface area contributed by atoms with Crippen LogP contribution in [0.15, 0.2) is 0 Å². The van der Waals surface area contributed by atoms with Gasteiger partial charge in [-0.2, -0.15) is 26.3 Å². The molecule has 0 aliphatic carbocycles. The molecule has 12 heavy (non-hydrogen) atoms. The van der Waals surface area contributed by atoms with Gasteiger partial charge in [0.2, 0.25) is 0 Å². The average Bonchev–Trinajstić information content (AvgIpc) is 1.81. The lowest BCUT2D eigenvalue weighted by Gasteiger charge is -2.20. The van der Waals surface area contributed by atoms with E-state index in [0.29, 0.717) is 0 Å². The third kappa shape index (κ3) is 1.74. The summed E-state index contributed by atoms with van der Waals surface area (Å²) in [4.78, 5) is 0. The van der Waals surface area contributed by atoms with Crippen LogP contribution in [-0.4, -0.2) is 18.9 Å². The second-order valence-corrected chi connectivity index (χ2v) is 4.15. The van der Waals surface area contributed by atoms with Crippen LogP contribution in [0.25, 0.3) is 0 Å². The molecule has 0 unspecified atom stereocenters. The van der Waals surface area contributed by atoms with E-state index in [1.807, 2.05) is 0 Å². The van der Waals surface area contributed by atoms with Crippen LogP contribution in [0.4, 0.5) is 26.3 Å². The van der Waals surface area contributed by atoms with Crippen molar-refractivity contribution in [1.82, 2.24) is 0 Å². The fourth-order valence-electron chi connectivity index (χ4n) is 0.351. The fourth-order valence-corrected chi connectivity index (χ4v) is 1.05. The van der Waals surface area contributed by atoms with Crippen molar-refractivity contribution < 1.29 is 35.4 Å². The largest absolute Gasteiger partial charge is 0.475 e. The lowest BCUT2D eigenvalue weighted by atomic mass is 11.5. The molecule has 2 nitrogen and oxygen atoms in total. The molecule has 0 bridgehead atoms. The van der Waals surface area contributed by atoms with Gasteiger partial charge < -0.3 is 4.52 Å². The van der Waals surface area contributed by atoms with Crippen LogP contribution in [-0.2, 0) is 9.09 Å². The first-order chi connectivity index (χ1) is 5.06. The van der Waals surface area contributed by atoms with Crippen molar-refractivity contribution in [3.63, 3.8) is 0 Å². The molecular weight excluding hydrogens is 213 g/mol. The van der Waals surface area contributed by atoms with E-state index in [4.69, 9.17) is 0 Å². The average molecular weight is 216 g/mol. The Morgan fingerprint density at radius 2 is 1.25 bits per heavy atom. The van der Waals surface area contributed by atoms with Crippen molar-refractivity contribution in [1.29, 1.82) is 0 Å². The van der Waals surface area contributed by atoms with Crippen molar-refractivity contribution in [2.75, 3.05) is 7.11 Å². The summed E-state index contributed by atoms with van der Waals surface area (Å²) in [5.74, 6) is -11.8. The van der Waals surface area contributed by atoms with Gasteiger partial charge in [0.15, 0.2) is 0 Å². The monoisotopic (exact) mass is 216 g/mol. The first-order valence-corrected chi connectivity index (χ1v) is 3.98. The summed E-state index contributed by atoms with van der Waals surface area (Å²) in [6, 6.07) is 0. The van der Waals surface area contributed by atoms with E-state index in [1.54, 1.807) is 0 Å². The summed E-state index contributed by atoms with van der Waals surface area (Å²) in [5, 5.41) is 0. The van der Waals surface area contributed by atoms with E-state index in [0.717, 1.165) is 0 Å². The van der Waals surface area contributed by atoms with Gasteiger partial charge in [0, 0.05) is 7.11 Å². The second kappa shape index (κ2) is 2.92. The van der Waals surface area contributed by atoms with E-state index < -0.39 is 19.2 Å². The lowest BCUT2D eigenvalue weighted by molar-refractivity contribution is -0.110. The van der Waals surface area contributed by atoms with Crippen molar-refractivity contribution in [2.45, 2.75) is 11.8 Å². The minimum atomic E-state index is -6.57. The first-order valence-electron chi connectivity index (χ1n) is 2.35. The highest BCUT2D eigenvalue weighted by molar-refractivity contribution is 7.61. The Morgan fingerprint density at radius 1 is 1.00 bits per heavy atom. The Balaban J connectivity index is 5.11. The van der Waals surface area contributed by atoms with Crippen LogP contribution in [0, 0.1) is 0 Å². The molecule has 0 N–H and O–H groups in total. The zero-order valence-corrected chi connectivity index (χ0v) is 6.43. The lowest BCUT2D eigenvalue weighted by Crippen LogP contribution is -2.23. The van der Waals surface area contributed by atoms with Gasteiger partial charge in [0.05, 0.1) is 0 Å². The standard InChI is InChI=1S/C3H3F6O2P/c1-11-12(10,2(4,5)6)3(7,8)9/h1H3. The van der Waals surface area contributed by atoms with Gasteiger partial charge in [-0.05, 0) is 0 Å². The predicted octanol–water partition coefficient (Wildman–Crippen LogP) is 2.95. The molecule has 0 aliphatic rings. The van der Waals surface area contributed by atoms with Gasteiger partial charge in [0.25, 0.3) is 0 Å². The Labute approximate surface area is 63.0 Å². The zero-order valence-electron chi connectivity index (χ0n) is 5.53. The number of rotatable bonds is 1. The summed E-state index contributed by atoms with van der Waals surface area (Å²) < 4.78 is 82.1. The molecule has 0 aromatic rings. The highest BCUT2D eigenvalue weighted by atomic mass is 31.2. The van der Waals surface area contributed by atoms with Crippen molar-refractivity contribution >= 4 is 7.37 Å². The summed E-state index contributed by atoms with van der Waals surface area (Å²) in [6.45, 7) is 0. The normalized spacial score (nSPS) is 14.9. The third-order valence-electron chi connectivity index (χ3n) is 0.925. The molecule has 0 saturated heterocycles. The van der Waals surface area contributed by atoms with E-state index in [1.165, 1.54) is 0 Å². The Morgan fingerprint density at radius 3 is 1.25 bits per heavy atom. The number of halogens is 6. The molecule has 74 valence electrons. The first kappa shape index (κ1) is 11.8. The molecule has 0 heterocycles. The van der Waals surface area contributed by atoms with Crippen LogP contribution >= 0.6 is 7.37 Å². The summed E-state index contributed by atoms with van der Waals surface area (Å²) in [5.41, 5.74) is 0. The summed E-state index contributed by atoms with van der Waals surface area (Å²) >= 11 is 0. The van der Waals surface area contributed by atoms with Gasteiger partial charge in [0.1, 0.15) is 0 Å². The van der Waals surface area contributed by atoms with Crippen LogP contribution in [0.2, 0.25) is 0 Å². The van der Waals surface area contributed by atoms with E-state index in [9.17, 15) is 30.9 Å². The van der Waals surface area contributed by atoms with Gasteiger partial charge in [-0.1, -0.05) is 0 Å². The molecular formula is C3H3F6O2P. The van der Waals surface area contributed by atoms with Crippen LogP contribution in [0.1, 0.15) is 0 Å². The highest BCUT2D eigenvalue weighted by Gasteiger charge is 2.69. The fraction of sp³-hybridized carbons (Fsp3) is 1.00. The zero-order chi connectivity index (χ0) is 10.2. The van der Waals surface area contributed by atoms with Crippen LogP contribution in [0.5, 0.6) is 0 Å². The van der Waals surface area contributed by atoms with Crippen LogP contribution < -0.4 is 0 Å². The van der Waals surface area contributed by atoms with Gasteiger partial charge in [-0.3, -0.25) is 4.57 Å². The van der Waals surface area contributed by atoms with E-state index in [-0.39, 0.29) is 7.11 Å². The maximum absolute atomic E-state index is 11.5. The molecule has 0 aliphatic heterocycles. The highest BCUT2D eigenvalue weighted by Crippen LogP contribution is 2.71. The molecule has 0 aromatic heterocycles. The predicted molar refractivity (Wildman–Crippen MR) is 26.7 cm³/mol. The van der Waals surface area contributed by atoms with Crippen LogP contribution in [0.3, 0.4) is 0 Å². The molecule has 0 fully saturated rings. The maximum Gasteiger partial charge on any atom is 0.475 e. The SMILES string of the molecule is COP(=O)(C(F)(F)F)C(F)(F)F. The van der Waals surface area contributed by atoms with Gasteiger partial charge >= 0.3 is 19.2 Å².